The first kappa shape index (κ1) is 27.5. The van der Waals surface area contributed by atoms with E-state index in [0.29, 0.717) is 29.6 Å². The second-order valence-corrected chi connectivity index (χ2v) is 10.2. The van der Waals surface area contributed by atoms with Crippen LogP contribution in [0.15, 0.2) is 83.5 Å². The first-order chi connectivity index (χ1) is 20.4. The standard InChI is InChI=1S/C30H30BN7O4/c1-4-40-31-23-14-13-20(16-22(23)30(2,3)42-31)34-29-33-17-21(27-37-38-28(41-27)24-12-8-9-15-32-24)26(36-29)35-25(18-39)19-10-6-5-7-11-19/h5-17,25,39H,4,18H2,1-3H3,(H2,33,34,35,36)/t25-/m1/s1. The lowest BCUT2D eigenvalue weighted by Gasteiger charge is -2.21. The lowest BCUT2D eigenvalue weighted by Crippen LogP contribution is -2.32. The van der Waals surface area contributed by atoms with Gasteiger partial charge in [0.25, 0.3) is 11.8 Å². The molecule has 12 heteroatoms. The number of rotatable bonds is 10. The Bertz CT molecular complexity index is 1670. The number of fused-ring (bicyclic) bond motifs is 1. The number of nitrogens with zero attached hydrogens (tertiary/aromatic N) is 5. The van der Waals surface area contributed by atoms with Crippen LogP contribution in [0.4, 0.5) is 17.5 Å². The topological polar surface area (TPSA) is 140 Å². The zero-order valence-electron chi connectivity index (χ0n) is 23.5. The number of hydrogen-bond donors (Lipinski definition) is 3. The molecular formula is C30H30BN7O4. The molecule has 4 heterocycles. The Morgan fingerprint density at radius 3 is 2.57 bits per heavy atom. The summed E-state index contributed by atoms with van der Waals surface area (Å²) in [6, 6.07) is 20.6. The molecule has 0 amide bonds. The highest BCUT2D eigenvalue weighted by atomic mass is 16.6. The summed E-state index contributed by atoms with van der Waals surface area (Å²) in [6.45, 7) is 6.37. The van der Waals surface area contributed by atoms with Crippen LogP contribution >= 0.6 is 0 Å². The maximum atomic E-state index is 10.3. The van der Waals surface area contributed by atoms with Gasteiger partial charge in [0.1, 0.15) is 11.5 Å². The van der Waals surface area contributed by atoms with E-state index in [1.165, 1.54) is 0 Å². The summed E-state index contributed by atoms with van der Waals surface area (Å²) >= 11 is 0. The van der Waals surface area contributed by atoms with E-state index in [0.717, 1.165) is 22.3 Å². The van der Waals surface area contributed by atoms with E-state index in [4.69, 9.17) is 18.7 Å². The van der Waals surface area contributed by atoms with Gasteiger partial charge >= 0.3 is 7.12 Å². The van der Waals surface area contributed by atoms with Crippen molar-refractivity contribution in [3.05, 3.63) is 90.3 Å². The van der Waals surface area contributed by atoms with Gasteiger partial charge in [-0.1, -0.05) is 42.5 Å². The zero-order valence-corrected chi connectivity index (χ0v) is 23.5. The van der Waals surface area contributed by atoms with E-state index >= 15 is 0 Å². The van der Waals surface area contributed by atoms with E-state index in [1.54, 1.807) is 18.5 Å². The molecule has 2 aromatic carbocycles. The summed E-state index contributed by atoms with van der Waals surface area (Å²) in [5, 5.41) is 25.3. The average molecular weight is 563 g/mol. The number of hydrogen-bond acceptors (Lipinski definition) is 11. The van der Waals surface area contributed by atoms with Crippen LogP contribution < -0.4 is 16.1 Å². The van der Waals surface area contributed by atoms with E-state index in [9.17, 15) is 5.11 Å². The van der Waals surface area contributed by atoms with Gasteiger partial charge in [-0.15, -0.1) is 10.2 Å². The van der Waals surface area contributed by atoms with E-state index in [1.807, 2.05) is 81.4 Å². The second-order valence-electron chi connectivity index (χ2n) is 10.2. The number of nitrogens with one attached hydrogen (secondary N) is 2. The van der Waals surface area contributed by atoms with Gasteiger partial charge in [0.05, 0.1) is 23.8 Å². The summed E-state index contributed by atoms with van der Waals surface area (Å²) in [4.78, 5) is 13.6. The molecule has 11 nitrogen and oxygen atoms in total. The molecule has 0 saturated heterocycles. The highest BCUT2D eigenvalue weighted by Gasteiger charge is 2.42. The van der Waals surface area contributed by atoms with Gasteiger partial charge in [-0.2, -0.15) is 4.98 Å². The number of aliphatic hydroxyl groups is 1. The van der Waals surface area contributed by atoms with Crippen molar-refractivity contribution < 1.29 is 18.8 Å². The monoisotopic (exact) mass is 563 g/mol. The third-order valence-electron chi connectivity index (χ3n) is 6.96. The summed E-state index contributed by atoms with van der Waals surface area (Å²) in [7, 11) is -0.404. The van der Waals surface area contributed by atoms with Crippen LogP contribution in [0.2, 0.25) is 0 Å². The predicted octanol–water partition coefficient (Wildman–Crippen LogP) is 4.47. The first-order valence-electron chi connectivity index (χ1n) is 13.7. The predicted molar refractivity (Wildman–Crippen MR) is 159 cm³/mol. The smallest absolute Gasteiger partial charge is 0.414 e. The molecule has 3 N–H and O–H groups in total. The van der Waals surface area contributed by atoms with Crippen LogP contribution in [0, 0.1) is 0 Å². The number of anilines is 3. The van der Waals surface area contributed by atoms with Crippen LogP contribution in [0.3, 0.4) is 0 Å². The Morgan fingerprint density at radius 1 is 1.00 bits per heavy atom. The van der Waals surface area contributed by atoms with Crippen LogP contribution in [-0.4, -0.2) is 50.6 Å². The van der Waals surface area contributed by atoms with Crippen molar-refractivity contribution in [2.24, 2.45) is 0 Å². The van der Waals surface area contributed by atoms with Gasteiger partial charge in [0.2, 0.25) is 5.95 Å². The zero-order chi connectivity index (χ0) is 29.1. The van der Waals surface area contributed by atoms with Crippen molar-refractivity contribution in [1.29, 1.82) is 0 Å². The SMILES string of the molecule is CCOB1OC(C)(C)c2cc(Nc3ncc(-c4nnc(-c5ccccn5)o4)c(N[C@H](CO)c4ccccc4)n3)ccc21. The number of pyridine rings is 1. The van der Waals surface area contributed by atoms with E-state index in [2.05, 4.69) is 30.8 Å². The summed E-state index contributed by atoms with van der Waals surface area (Å²) in [6.07, 6.45) is 3.27. The van der Waals surface area contributed by atoms with Gasteiger partial charge < -0.3 is 29.5 Å². The Labute approximate surface area is 243 Å². The highest BCUT2D eigenvalue weighted by molar-refractivity contribution is 6.63. The fraction of sp³-hybridized carbons (Fsp3) is 0.233. The largest absolute Gasteiger partial charge is 0.494 e. The molecule has 0 saturated carbocycles. The van der Waals surface area contributed by atoms with Crippen molar-refractivity contribution >= 4 is 30.0 Å². The molecule has 0 radical (unpaired) electrons. The van der Waals surface area contributed by atoms with Crippen LogP contribution in [0.1, 0.15) is 37.9 Å². The third kappa shape index (κ3) is 5.60. The molecule has 42 heavy (non-hydrogen) atoms. The fourth-order valence-corrected chi connectivity index (χ4v) is 4.88. The van der Waals surface area contributed by atoms with Crippen molar-refractivity contribution in [2.45, 2.75) is 32.4 Å². The van der Waals surface area contributed by atoms with Gasteiger partial charge in [0, 0.05) is 24.7 Å². The van der Waals surface area contributed by atoms with Crippen LogP contribution in [-0.2, 0) is 14.9 Å². The molecule has 1 atom stereocenters. The first-order valence-corrected chi connectivity index (χ1v) is 13.7. The molecule has 0 fully saturated rings. The number of aliphatic hydroxyl groups excluding tert-OH is 1. The Hall–Kier alpha value is -4.65. The molecule has 212 valence electrons. The van der Waals surface area contributed by atoms with E-state index in [-0.39, 0.29) is 18.4 Å². The van der Waals surface area contributed by atoms with Crippen LogP contribution in [0.5, 0.6) is 0 Å². The number of aromatic nitrogens is 5. The number of benzene rings is 2. The minimum Gasteiger partial charge on any atom is -0.414 e. The molecule has 0 aliphatic carbocycles. The second kappa shape index (κ2) is 11.7. The third-order valence-corrected chi connectivity index (χ3v) is 6.96. The Kier molecular flexibility index (Phi) is 7.66. The average Bonchev–Trinajstić information content (AvgIpc) is 3.60. The van der Waals surface area contributed by atoms with Gasteiger partial charge in [-0.3, -0.25) is 4.98 Å². The molecule has 1 aliphatic rings. The fourth-order valence-electron chi connectivity index (χ4n) is 4.88. The van der Waals surface area contributed by atoms with Crippen molar-refractivity contribution in [3.8, 4) is 23.0 Å². The van der Waals surface area contributed by atoms with Crippen molar-refractivity contribution in [1.82, 2.24) is 25.1 Å². The molecule has 5 aromatic rings. The molecule has 0 spiro atoms. The lowest BCUT2D eigenvalue weighted by molar-refractivity contribution is 0.0867. The molecular weight excluding hydrogens is 533 g/mol. The van der Waals surface area contributed by atoms with Crippen LogP contribution in [0.25, 0.3) is 23.0 Å². The lowest BCUT2D eigenvalue weighted by atomic mass is 9.77. The summed E-state index contributed by atoms with van der Waals surface area (Å²) < 4.78 is 17.9. The van der Waals surface area contributed by atoms with Crippen molar-refractivity contribution in [2.75, 3.05) is 23.8 Å². The molecule has 1 aliphatic heterocycles. The minimum atomic E-state index is -0.516. The van der Waals surface area contributed by atoms with E-state index < -0.39 is 18.8 Å². The Balaban J connectivity index is 1.34. The molecule has 6 rings (SSSR count). The van der Waals surface area contributed by atoms with Gasteiger partial charge in [0.15, 0.2) is 0 Å². The minimum absolute atomic E-state index is 0.167. The molecule has 3 aromatic heterocycles. The normalized spacial score (nSPS) is 14.4. The van der Waals surface area contributed by atoms with Gasteiger partial charge in [-0.25, -0.2) is 4.98 Å². The maximum Gasteiger partial charge on any atom is 0.494 e. The van der Waals surface area contributed by atoms with Crippen molar-refractivity contribution in [3.63, 3.8) is 0 Å². The maximum absolute atomic E-state index is 10.3. The summed E-state index contributed by atoms with van der Waals surface area (Å²) in [5.41, 5.74) is 4.22. The molecule has 0 bridgehead atoms. The summed E-state index contributed by atoms with van der Waals surface area (Å²) in [5.74, 6) is 1.24. The molecule has 0 unspecified atom stereocenters. The van der Waals surface area contributed by atoms with Gasteiger partial charge in [-0.05, 0) is 61.6 Å². The quantitative estimate of drug-likeness (QED) is 0.207. The Morgan fingerprint density at radius 2 is 1.81 bits per heavy atom. The highest BCUT2D eigenvalue weighted by Crippen LogP contribution is 2.34.